The van der Waals surface area contributed by atoms with E-state index in [4.69, 9.17) is 10.9 Å². The van der Waals surface area contributed by atoms with E-state index in [1.165, 1.54) is 6.07 Å². The number of amidine groups is 1. The summed E-state index contributed by atoms with van der Waals surface area (Å²) in [6.45, 7) is 5.81. The molecule has 2 rings (SSSR count). The maximum absolute atomic E-state index is 13.8. The molecule has 0 bridgehead atoms. The maximum Gasteiger partial charge on any atom is 0.156 e. The number of nitrogens with zero attached hydrogens (tertiary/aromatic N) is 3. The van der Waals surface area contributed by atoms with Crippen LogP contribution in [-0.2, 0) is 6.54 Å². The molecule has 5 nitrogen and oxygen atoms in total. The quantitative estimate of drug-likeness (QED) is 0.373. The van der Waals surface area contributed by atoms with Crippen LogP contribution in [-0.4, -0.2) is 53.1 Å². The molecule has 3 N–H and O–H groups in total. The van der Waals surface area contributed by atoms with Gasteiger partial charge in [-0.3, -0.25) is 9.80 Å². The molecule has 1 aromatic rings. The number of nitrogens with two attached hydrogens (primary N) is 1. The van der Waals surface area contributed by atoms with Crippen LogP contribution in [0, 0.1) is 5.82 Å². The van der Waals surface area contributed by atoms with E-state index in [9.17, 15) is 4.39 Å². The van der Waals surface area contributed by atoms with Gasteiger partial charge in [0.05, 0.1) is 6.04 Å². The zero-order chi connectivity index (χ0) is 15.4. The van der Waals surface area contributed by atoms with Crippen LogP contribution in [0.2, 0.25) is 0 Å². The number of hydrogen-bond acceptors (Lipinski definition) is 4. The van der Waals surface area contributed by atoms with Gasteiger partial charge < -0.3 is 10.9 Å². The van der Waals surface area contributed by atoms with E-state index in [-0.39, 0.29) is 17.7 Å². The fourth-order valence-electron chi connectivity index (χ4n) is 2.47. The Bertz CT molecular complexity index is 518. The van der Waals surface area contributed by atoms with Crippen LogP contribution in [0.25, 0.3) is 0 Å². The number of hydrogen-bond donors (Lipinski definition) is 2. The number of benzene rings is 1. The number of rotatable bonds is 4. The van der Waals surface area contributed by atoms with E-state index in [0.717, 1.165) is 30.7 Å². The molecule has 0 saturated carbocycles. The van der Waals surface area contributed by atoms with Gasteiger partial charge in [0.2, 0.25) is 0 Å². The lowest BCUT2D eigenvalue weighted by atomic mass is 10.1. The minimum absolute atomic E-state index is 0.0819. The first kappa shape index (κ1) is 16.2. The highest BCUT2D eigenvalue weighted by molar-refractivity contribution is 9.10. The van der Waals surface area contributed by atoms with Crippen LogP contribution in [0.15, 0.2) is 27.8 Å². The Balaban J connectivity index is 1.89. The number of halogens is 2. The summed E-state index contributed by atoms with van der Waals surface area (Å²) < 4.78 is 14.6. The lowest BCUT2D eigenvalue weighted by Crippen LogP contribution is -2.52. The lowest BCUT2D eigenvalue weighted by Gasteiger charge is -2.37. The van der Waals surface area contributed by atoms with Gasteiger partial charge in [-0.1, -0.05) is 27.2 Å². The summed E-state index contributed by atoms with van der Waals surface area (Å²) in [5.41, 5.74) is 6.34. The van der Waals surface area contributed by atoms with E-state index in [1.807, 2.05) is 19.1 Å². The molecule has 1 fully saturated rings. The monoisotopic (exact) mass is 358 g/mol. The second-order valence-electron chi connectivity index (χ2n) is 5.25. The number of piperazine rings is 1. The normalized spacial score (nSPS) is 19.7. The van der Waals surface area contributed by atoms with Crippen molar-refractivity contribution in [1.82, 2.24) is 9.80 Å². The molecule has 21 heavy (non-hydrogen) atoms. The van der Waals surface area contributed by atoms with Crippen LogP contribution in [0.4, 0.5) is 4.39 Å². The highest BCUT2D eigenvalue weighted by Crippen LogP contribution is 2.18. The van der Waals surface area contributed by atoms with Crippen LogP contribution in [0.1, 0.15) is 12.5 Å². The summed E-state index contributed by atoms with van der Waals surface area (Å²) in [6.07, 6.45) is 0. The van der Waals surface area contributed by atoms with E-state index in [0.29, 0.717) is 12.1 Å². The highest BCUT2D eigenvalue weighted by Gasteiger charge is 2.23. The van der Waals surface area contributed by atoms with Crippen molar-refractivity contribution in [2.24, 2.45) is 10.9 Å². The Morgan fingerprint density at radius 3 is 2.67 bits per heavy atom. The molecule has 1 aromatic carbocycles. The van der Waals surface area contributed by atoms with Gasteiger partial charge in [-0.15, -0.1) is 0 Å². The molecule has 0 spiro atoms. The van der Waals surface area contributed by atoms with Gasteiger partial charge in [0, 0.05) is 42.8 Å². The fourth-order valence-corrected chi connectivity index (χ4v) is 2.80. The molecule has 1 aliphatic heterocycles. The number of oxime groups is 1. The molecule has 1 aliphatic rings. The predicted molar refractivity (Wildman–Crippen MR) is 83.8 cm³/mol. The second kappa shape index (κ2) is 7.20. The van der Waals surface area contributed by atoms with E-state index in [1.54, 1.807) is 0 Å². The van der Waals surface area contributed by atoms with Crippen molar-refractivity contribution in [2.45, 2.75) is 19.5 Å². The van der Waals surface area contributed by atoms with Crippen molar-refractivity contribution < 1.29 is 9.60 Å². The molecule has 1 heterocycles. The Kier molecular flexibility index (Phi) is 5.55. The third-order valence-electron chi connectivity index (χ3n) is 3.91. The molecule has 1 saturated heterocycles. The Hall–Kier alpha value is -1.18. The van der Waals surface area contributed by atoms with Crippen molar-refractivity contribution in [3.63, 3.8) is 0 Å². The average molecular weight is 359 g/mol. The van der Waals surface area contributed by atoms with Crippen LogP contribution >= 0.6 is 15.9 Å². The summed E-state index contributed by atoms with van der Waals surface area (Å²) in [7, 11) is 0. The molecular weight excluding hydrogens is 339 g/mol. The van der Waals surface area contributed by atoms with Crippen molar-refractivity contribution in [1.29, 1.82) is 0 Å². The Morgan fingerprint density at radius 1 is 1.43 bits per heavy atom. The molecule has 7 heteroatoms. The Labute approximate surface area is 132 Å². The standard InChI is InChI=1S/C14H20BrFN4O/c1-10(14(17)18-21)20-6-4-19(5-7-20)9-11-2-3-12(15)8-13(11)16/h2-3,8,10,21H,4-7,9H2,1H3,(H2,17,18). The lowest BCUT2D eigenvalue weighted by molar-refractivity contribution is 0.115. The van der Waals surface area contributed by atoms with Crippen molar-refractivity contribution in [2.75, 3.05) is 26.2 Å². The Morgan fingerprint density at radius 2 is 2.10 bits per heavy atom. The maximum atomic E-state index is 13.8. The molecule has 0 radical (unpaired) electrons. The van der Waals surface area contributed by atoms with Gasteiger partial charge in [-0.2, -0.15) is 0 Å². The van der Waals surface area contributed by atoms with Gasteiger partial charge >= 0.3 is 0 Å². The molecule has 0 amide bonds. The largest absolute Gasteiger partial charge is 0.409 e. The predicted octanol–water partition coefficient (Wildman–Crippen LogP) is 1.84. The molecule has 0 aromatic heterocycles. The van der Waals surface area contributed by atoms with E-state index >= 15 is 0 Å². The third-order valence-corrected chi connectivity index (χ3v) is 4.40. The smallest absolute Gasteiger partial charge is 0.156 e. The average Bonchev–Trinajstić information content (AvgIpc) is 2.49. The summed E-state index contributed by atoms with van der Waals surface area (Å²) in [5.74, 6) is 0.0410. The zero-order valence-corrected chi connectivity index (χ0v) is 13.6. The van der Waals surface area contributed by atoms with Gasteiger partial charge in [0.1, 0.15) is 5.82 Å². The SMILES string of the molecule is CC(C(N)=NO)N1CCN(Cc2ccc(Br)cc2F)CC1. The highest BCUT2D eigenvalue weighted by atomic mass is 79.9. The summed E-state index contributed by atoms with van der Waals surface area (Å²) in [5, 5.41) is 11.8. The minimum Gasteiger partial charge on any atom is -0.409 e. The van der Waals surface area contributed by atoms with E-state index in [2.05, 4.69) is 30.9 Å². The topological polar surface area (TPSA) is 65.1 Å². The molecule has 1 atom stereocenters. The summed E-state index contributed by atoms with van der Waals surface area (Å²) >= 11 is 3.26. The van der Waals surface area contributed by atoms with Gasteiger partial charge in [0.25, 0.3) is 0 Å². The first-order valence-electron chi connectivity index (χ1n) is 6.89. The molecule has 0 aliphatic carbocycles. The van der Waals surface area contributed by atoms with Crippen LogP contribution in [0.3, 0.4) is 0 Å². The first-order valence-corrected chi connectivity index (χ1v) is 7.68. The van der Waals surface area contributed by atoms with Gasteiger partial charge in [0.15, 0.2) is 5.84 Å². The molecule has 1 unspecified atom stereocenters. The van der Waals surface area contributed by atoms with Crippen molar-refractivity contribution in [3.8, 4) is 0 Å². The molecule has 116 valence electrons. The van der Waals surface area contributed by atoms with Crippen LogP contribution < -0.4 is 5.73 Å². The van der Waals surface area contributed by atoms with Gasteiger partial charge in [-0.05, 0) is 19.1 Å². The van der Waals surface area contributed by atoms with Crippen LogP contribution in [0.5, 0.6) is 0 Å². The summed E-state index contributed by atoms with van der Waals surface area (Å²) in [6, 6.07) is 5.08. The van der Waals surface area contributed by atoms with Gasteiger partial charge in [-0.25, -0.2) is 4.39 Å². The van der Waals surface area contributed by atoms with E-state index < -0.39 is 0 Å². The third kappa shape index (κ3) is 4.15. The fraction of sp³-hybridized carbons (Fsp3) is 0.500. The second-order valence-corrected chi connectivity index (χ2v) is 6.16. The molecular formula is C14H20BrFN4O. The zero-order valence-electron chi connectivity index (χ0n) is 12.0. The summed E-state index contributed by atoms with van der Waals surface area (Å²) in [4.78, 5) is 4.37. The van der Waals surface area contributed by atoms with Crippen molar-refractivity contribution >= 4 is 21.8 Å². The van der Waals surface area contributed by atoms with Crippen molar-refractivity contribution in [3.05, 3.63) is 34.1 Å². The minimum atomic E-state index is -0.183. The first-order chi connectivity index (χ1) is 10.0.